The Balaban J connectivity index is 3.15. The average Bonchev–Trinajstić information content (AvgIpc) is 2.37. The van der Waals surface area contributed by atoms with Crippen molar-refractivity contribution in [1.82, 2.24) is 10.0 Å². The van der Waals surface area contributed by atoms with Crippen LogP contribution in [0.4, 0.5) is 0 Å². The zero-order chi connectivity index (χ0) is 14.5. The molecule has 0 unspecified atom stereocenters. The van der Waals surface area contributed by atoms with Gasteiger partial charge in [-0.05, 0) is 49.6 Å². The Hall–Kier alpha value is -0.910. The molecule has 1 aromatic rings. The number of sulfonamides is 1. The van der Waals surface area contributed by atoms with Crippen molar-refractivity contribution in [3.05, 3.63) is 28.8 Å². The Bertz CT molecular complexity index is 524. The fraction of sp³-hybridized carbons (Fsp3) is 0.571. The van der Waals surface area contributed by atoms with E-state index in [4.69, 9.17) is 0 Å². The van der Waals surface area contributed by atoms with Gasteiger partial charge >= 0.3 is 0 Å². The molecule has 0 aromatic heterocycles. The van der Waals surface area contributed by atoms with Crippen molar-refractivity contribution in [3.63, 3.8) is 0 Å². The van der Waals surface area contributed by atoms with Gasteiger partial charge in [0.2, 0.25) is 10.0 Å². The van der Waals surface area contributed by atoms with E-state index in [1.807, 2.05) is 33.8 Å². The van der Waals surface area contributed by atoms with Crippen LogP contribution in [0.3, 0.4) is 0 Å². The van der Waals surface area contributed by atoms with Crippen LogP contribution in [0.5, 0.6) is 0 Å². The first-order valence-corrected chi connectivity index (χ1v) is 8.21. The third-order valence-electron chi connectivity index (χ3n) is 3.09. The highest BCUT2D eigenvalue weighted by atomic mass is 32.2. The van der Waals surface area contributed by atoms with E-state index >= 15 is 0 Å². The Morgan fingerprint density at radius 1 is 1.16 bits per heavy atom. The van der Waals surface area contributed by atoms with Crippen LogP contribution in [0.1, 0.15) is 37.0 Å². The van der Waals surface area contributed by atoms with Gasteiger partial charge in [0.1, 0.15) is 0 Å². The van der Waals surface area contributed by atoms with Crippen LogP contribution in [0.25, 0.3) is 0 Å². The molecular formula is C14H24N2O2S. The molecule has 0 spiro atoms. The third-order valence-corrected chi connectivity index (χ3v) is 4.68. The normalized spacial score (nSPS) is 11.8. The van der Waals surface area contributed by atoms with Crippen molar-refractivity contribution in [2.45, 2.75) is 45.6 Å². The second-order valence-corrected chi connectivity index (χ2v) is 6.45. The topological polar surface area (TPSA) is 58.2 Å². The van der Waals surface area contributed by atoms with E-state index in [0.717, 1.165) is 29.7 Å². The van der Waals surface area contributed by atoms with E-state index in [9.17, 15) is 8.42 Å². The van der Waals surface area contributed by atoms with E-state index in [2.05, 4.69) is 10.0 Å². The number of aryl methyl sites for hydroxylation is 1. The predicted octanol–water partition coefficient (Wildman–Crippen LogP) is 2.10. The Morgan fingerprint density at radius 3 is 2.42 bits per heavy atom. The zero-order valence-corrected chi connectivity index (χ0v) is 13.0. The van der Waals surface area contributed by atoms with E-state index in [-0.39, 0.29) is 0 Å². The minimum Gasteiger partial charge on any atom is -0.313 e. The van der Waals surface area contributed by atoms with Gasteiger partial charge in [0.05, 0.1) is 4.90 Å². The van der Waals surface area contributed by atoms with Gasteiger partial charge in [-0.3, -0.25) is 0 Å². The van der Waals surface area contributed by atoms with Gasteiger partial charge in [-0.2, -0.15) is 0 Å². The highest BCUT2D eigenvalue weighted by Gasteiger charge is 2.18. The maximum atomic E-state index is 12.3. The molecule has 1 aromatic carbocycles. The molecule has 0 fully saturated rings. The van der Waals surface area contributed by atoms with Crippen LogP contribution < -0.4 is 10.0 Å². The molecule has 108 valence electrons. The van der Waals surface area contributed by atoms with E-state index in [1.54, 1.807) is 6.07 Å². The van der Waals surface area contributed by atoms with Crippen LogP contribution in [0.15, 0.2) is 17.0 Å². The lowest BCUT2D eigenvalue weighted by atomic mass is 10.1. The van der Waals surface area contributed by atoms with Gasteiger partial charge in [0.15, 0.2) is 0 Å². The second-order valence-electron chi connectivity index (χ2n) is 4.71. The highest BCUT2D eigenvalue weighted by molar-refractivity contribution is 7.89. The molecule has 0 heterocycles. The summed E-state index contributed by atoms with van der Waals surface area (Å²) in [6.45, 7) is 9.80. The second kappa shape index (κ2) is 7.03. The molecule has 5 heteroatoms. The quantitative estimate of drug-likeness (QED) is 0.806. The van der Waals surface area contributed by atoms with Crippen LogP contribution in [0, 0.1) is 13.8 Å². The largest absolute Gasteiger partial charge is 0.313 e. The highest BCUT2D eigenvalue weighted by Crippen LogP contribution is 2.21. The summed E-state index contributed by atoms with van der Waals surface area (Å²) in [6, 6.07) is 3.81. The SMILES string of the molecule is CCCNS(=O)(=O)c1cc(CNCC)cc(C)c1C. The Labute approximate surface area is 116 Å². The third kappa shape index (κ3) is 4.30. The van der Waals surface area contributed by atoms with Crippen molar-refractivity contribution in [3.8, 4) is 0 Å². The van der Waals surface area contributed by atoms with Crippen molar-refractivity contribution >= 4 is 10.0 Å². The molecule has 0 saturated heterocycles. The standard InChI is InChI=1S/C14H24N2O2S/c1-5-7-16-19(17,18)14-9-13(10-15-6-2)8-11(3)12(14)4/h8-9,15-16H,5-7,10H2,1-4H3. The van der Waals surface area contributed by atoms with Crippen LogP contribution in [-0.2, 0) is 16.6 Å². The summed E-state index contributed by atoms with van der Waals surface area (Å²) in [7, 11) is -3.40. The first kappa shape index (κ1) is 16.1. The van der Waals surface area contributed by atoms with Gasteiger partial charge < -0.3 is 5.32 Å². The number of rotatable bonds is 7. The molecule has 0 aliphatic rings. The van der Waals surface area contributed by atoms with Gasteiger partial charge in [-0.25, -0.2) is 13.1 Å². The van der Waals surface area contributed by atoms with Crippen LogP contribution in [-0.4, -0.2) is 21.5 Å². The molecule has 0 atom stereocenters. The maximum absolute atomic E-state index is 12.3. The van der Waals surface area contributed by atoms with E-state index in [0.29, 0.717) is 18.0 Å². The summed E-state index contributed by atoms with van der Waals surface area (Å²) >= 11 is 0. The molecule has 2 N–H and O–H groups in total. The fourth-order valence-electron chi connectivity index (χ4n) is 1.86. The number of benzene rings is 1. The molecular weight excluding hydrogens is 260 g/mol. The number of nitrogens with one attached hydrogen (secondary N) is 2. The number of hydrogen-bond acceptors (Lipinski definition) is 3. The first-order valence-electron chi connectivity index (χ1n) is 6.72. The molecule has 19 heavy (non-hydrogen) atoms. The summed E-state index contributed by atoms with van der Waals surface area (Å²) in [4.78, 5) is 0.397. The molecule has 0 saturated carbocycles. The molecule has 0 bridgehead atoms. The summed E-state index contributed by atoms with van der Waals surface area (Å²) in [5.74, 6) is 0. The monoisotopic (exact) mass is 284 g/mol. The predicted molar refractivity (Wildman–Crippen MR) is 78.8 cm³/mol. The Morgan fingerprint density at radius 2 is 1.84 bits per heavy atom. The van der Waals surface area contributed by atoms with E-state index < -0.39 is 10.0 Å². The van der Waals surface area contributed by atoms with Crippen molar-refractivity contribution in [2.24, 2.45) is 0 Å². The average molecular weight is 284 g/mol. The zero-order valence-electron chi connectivity index (χ0n) is 12.2. The lowest BCUT2D eigenvalue weighted by Gasteiger charge is -2.13. The van der Waals surface area contributed by atoms with Crippen LogP contribution >= 0.6 is 0 Å². The Kier molecular flexibility index (Phi) is 5.97. The summed E-state index contributed by atoms with van der Waals surface area (Å²) in [5.41, 5.74) is 2.83. The van der Waals surface area contributed by atoms with Crippen molar-refractivity contribution in [2.75, 3.05) is 13.1 Å². The molecule has 0 aliphatic heterocycles. The first-order chi connectivity index (χ1) is 8.92. The maximum Gasteiger partial charge on any atom is 0.240 e. The summed E-state index contributed by atoms with van der Waals surface area (Å²) < 4.78 is 27.1. The van der Waals surface area contributed by atoms with E-state index in [1.165, 1.54) is 0 Å². The molecule has 0 amide bonds. The molecule has 0 aliphatic carbocycles. The van der Waals surface area contributed by atoms with Gasteiger partial charge in [-0.15, -0.1) is 0 Å². The lowest BCUT2D eigenvalue weighted by Crippen LogP contribution is -2.25. The summed E-state index contributed by atoms with van der Waals surface area (Å²) in [5, 5.41) is 3.22. The molecule has 4 nitrogen and oxygen atoms in total. The summed E-state index contributed by atoms with van der Waals surface area (Å²) in [6.07, 6.45) is 0.786. The number of hydrogen-bond donors (Lipinski definition) is 2. The minimum atomic E-state index is -3.40. The fourth-order valence-corrected chi connectivity index (χ4v) is 3.36. The van der Waals surface area contributed by atoms with Crippen molar-refractivity contribution < 1.29 is 8.42 Å². The smallest absolute Gasteiger partial charge is 0.240 e. The lowest BCUT2D eigenvalue weighted by molar-refractivity contribution is 0.579. The van der Waals surface area contributed by atoms with Crippen LogP contribution in [0.2, 0.25) is 0 Å². The molecule has 1 rings (SSSR count). The van der Waals surface area contributed by atoms with Gasteiger partial charge in [0, 0.05) is 13.1 Å². The van der Waals surface area contributed by atoms with Gasteiger partial charge in [-0.1, -0.05) is 19.9 Å². The van der Waals surface area contributed by atoms with Crippen molar-refractivity contribution in [1.29, 1.82) is 0 Å². The molecule has 0 radical (unpaired) electrons. The minimum absolute atomic E-state index is 0.397. The van der Waals surface area contributed by atoms with Gasteiger partial charge in [0.25, 0.3) is 0 Å².